The number of hydrogen-bond acceptors (Lipinski definition) is 2. The van der Waals surface area contributed by atoms with Gasteiger partial charge in [-0.05, 0) is 0 Å². The molecular weight excluding hydrogens is 217 g/mol. The molecule has 0 radical (unpaired) electrons. The quantitative estimate of drug-likeness (QED) is 0.727. The topological polar surface area (TPSA) is 22.1 Å². The Bertz CT molecular complexity index is 383. The van der Waals surface area contributed by atoms with Gasteiger partial charge in [-0.15, -0.1) is 0 Å². The molecule has 0 aliphatic carbocycles. The summed E-state index contributed by atoms with van der Waals surface area (Å²) in [5.74, 6) is 0.962. The van der Waals surface area contributed by atoms with Gasteiger partial charge in [-0.3, -0.25) is 0 Å². The van der Waals surface area contributed by atoms with E-state index >= 15 is 0 Å². The number of benzene rings is 1. The first-order valence-electron chi connectivity index (χ1n) is 3.87. The molecule has 0 bridgehead atoms. The first kappa shape index (κ1) is 7.84. The summed E-state index contributed by atoms with van der Waals surface area (Å²) in [4.78, 5) is 0. The van der Waals surface area contributed by atoms with E-state index in [1.165, 1.54) is 9.65 Å². The van der Waals surface area contributed by atoms with E-state index in [0.29, 0.717) is 0 Å². The Hall–Kier alpha value is -0.791. The zero-order chi connectivity index (χ0) is 8.39. The van der Waals surface area contributed by atoms with Crippen LogP contribution in [0.2, 0.25) is 0 Å². The van der Waals surface area contributed by atoms with E-state index < -0.39 is 0 Å². The fourth-order valence-corrected chi connectivity index (χ4v) is 2.51. The summed E-state index contributed by atoms with van der Waals surface area (Å²) in [5, 5.41) is 1.25. The fourth-order valence-electron chi connectivity index (χ4n) is 1.10. The second-order valence-corrected chi connectivity index (χ2v) is 4.21. The standard InChI is InChI=1S/C9H9NOSe/c1-2-11-8-4-3-7-6-10-12-9(7)5-8/h3-6H,2H2,1H3. The van der Waals surface area contributed by atoms with Crippen LogP contribution in [0.25, 0.3) is 9.65 Å². The van der Waals surface area contributed by atoms with Crippen LogP contribution in [-0.4, -0.2) is 25.3 Å². The SMILES string of the molecule is CCOc1ccc2cn[se]c2c1. The average Bonchev–Trinajstić information content (AvgIpc) is 2.51. The predicted octanol–water partition coefficient (Wildman–Crippen LogP) is 1.69. The first-order chi connectivity index (χ1) is 5.90. The molecule has 0 spiro atoms. The van der Waals surface area contributed by atoms with Crippen molar-refractivity contribution in [1.82, 2.24) is 3.98 Å². The van der Waals surface area contributed by atoms with Gasteiger partial charge in [-0.25, -0.2) is 0 Å². The normalized spacial score (nSPS) is 10.4. The summed E-state index contributed by atoms with van der Waals surface area (Å²) < 4.78 is 10.9. The Kier molecular flexibility index (Phi) is 2.15. The predicted molar refractivity (Wildman–Crippen MR) is 49.9 cm³/mol. The van der Waals surface area contributed by atoms with Crippen LogP contribution in [0.1, 0.15) is 6.92 Å². The van der Waals surface area contributed by atoms with Gasteiger partial charge in [0.1, 0.15) is 0 Å². The Balaban J connectivity index is 2.46. The van der Waals surface area contributed by atoms with Crippen molar-refractivity contribution >= 4 is 24.4 Å². The molecule has 0 amide bonds. The van der Waals surface area contributed by atoms with Crippen LogP contribution in [0.5, 0.6) is 5.75 Å². The van der Waals surface area contributed by atoms with Gasteiger partial charge in [-0.1, -0.05) is 0 Å². The first-order valence-corrected chi connectivity index (χ1v) is 5.49. The van der Waals surface area contributed by atoms with E-state index in [-0.39, 0.29) is 14.7 Å². The molecule has 0 saturated carbocycles. The number of ether oxygens (including phenoxy) is 1. The molecular formula is C9H9NOSe. The second kappa shape index (κ2) is 3.30. The van der Waals surface area contributed by atoms with Crippen molar-refractivity contribution in [3.8, 4) is 5.75 Å². The molecule has 2 rings (SSSR count). The third kappa shape index (κ3) is 1.38. The molecule has 3 heteroatoms. The molecule has 0 N–H and O–H groups in total. The Morgan fingerprint density at radius 2 is 2.42 bits per heavy atom. The van der Waals surface area contributed by atoms with E-state index in [1.807, 2.05) is 19.2 Å². The molecule has 2 nitrogen and oxygen atoms in total. The average molecular weight is 226 g/mol. The van der Waals surface area contributed by atoms with Crippen molar-refractivity contribution < 1.29 is 4.74 Å². The van der Waals surface area contributed by atoms with Crippen LogP contribution < -0.4 is 4.74 Å². The van der Waals surface area contributed by atoms with E-state index in [1.54, 1.807) is 0 Å². The number of hydrogen-bond donors (Lipinski definition) is 0. The van der Waals surface area contributed by atoms with Gasteiger partial charge in [0.25, 0.3) is 0 Å². The van der Waals surface area contributed by atoms with Crippen LogP contribution in [-0.2, 0) is 0 Å². The van der Waals surface area contributed by atoms with Crippen LogP contribution >= 0.6 is 0 Å². The van der Waals surface area contributed by atoms with Gasteiger partial charge in [0.05, 0.1) is 0 Å². The van der Waals surface area contributed by atoms with Gasteiger partial charge in [0.2, 0.25) is 0 Å². The third-order valence-electron chi connectivity index (χ3n) is 1.64. The molecule has 62 valence electrons. The fraction of sp³-hybridized carbons (Fsp3) is 0.222. The molecule has 2 aromatic rings. The van der Waals surface area contributed by atoms with Crippen LogP contribution in [0, 0.1) is 0 Å². The molecule has 1 aromatic heterocycles. The summed E-state index contributed by atoms with van der Waals surface area (Å²) in [6, 6.07) is 6.15. The van der Waals surface area contributed by atoms with E-state index in [2.05, 4.69) is 16.1 Å². The van der Waals surface area contributed by atoms with Crippen LogP contribution in [0.3, 0.4) is 0 Å². The monoisotopic (exact) mass is 227 g/mol. The van der Waals surface area contributed by atoms with Crippen molar-refractivity contribution in [3.63, 3.8) is 0 Å². The Morgan fingerprint density at radius 3 is 3.25 bits per heavy atom. The van der Waals surface area contributed by atoms with E-state index in [4.69, 9.17) is 4.74 Å². The number of fused-ring (bicyclic) bond motifs is 1. The van der Waals surface area contributed by atoms with E-state index in [9.17, 15) is 0 Å². The van der Waals surface area contributed by atoms with Gasteiger partial charge in [0.15, 0.2) is 0 Å². The van der Waals surface area contributed by atoms with Gasteiger partial charge in [0, 0.05) is 0 Å². The molecule has 0 aliphatic heterocycles. The third-order valence-corrected chi connectivity index (χ3v) is 3.24. The van der Waals surface area contributed by atoms with Gasteiger partial charge in [-0.2, -0.15) is 0 Å². The van der Waals surface area contributed by atoms with Crippen molar-refractivity contribution in [1.29, 1.82) is 0 Å². The van der Waals surface area contributed by atoms with Crippen molar-refractivity contribution in [2.45, 2.75) is 6.92 Å². The summed E-state index contributed by atoms with van der Waals surface area (Å²) >= 11 is 0.280. The summed E-state index contributed by atoms with van der Waals surface area (Å²) in [6.07, 6.45) is 1.94. The summed E-state index contributed by atoms with van der Waals surface area (Å²) in [6.45, 7) is 2.72. The van der Waals surface area contributed by atoms with Crippen molar-refractivity contribution in [3.05, 3.63) is 24.4 Å². The molecule has 1 aromatic carbocycles. The minimum atomic E-state index is 0.280. The molecule has 1 heterocycles. The van der Waals surface area contributed by atoms with Crippen LogP contribution in [0.15, 0.2) is 24.4 Å². The maximum atomic E-state index is 5.39. The minimum absolute atomic E-state index is 0.280. The zero-order valence-corrected chi connectivity index (χ0v) is 8.49. The van der Waals surface area contributed by atoms with Gasteiger partial charge < -0.3 is 0 Å². The van der Waals surface area contributed by atoms with Crippen molar-refractivity contribution in [2.75, 3.05) is 6.61 Å². The summed E-state index contributed by atoms with van der Waals surface area (Å²) in [5.41, 5.74) is 0. The Morgan fingerprint density at radius 1 is 1.50 bits per heavy atom. The zero-order valence-electron chi connectivity index (χ0n) is 6.78. The number of nitrogens with zero attached hydrogens (tertiary/aromatic N) is 1. The molecule has 0 saturated heterocycles. The second-order valence-electron chi connectivity index (χ2n) is 2.46. The maximum absolute atomic E-state index is 5.39. The van der Waals surface area contributed by atoms with Crippen LogP contribution in [0.4, 0.5) is 0 Å². The summed E-state index contributed by atoms with van der Waals surface area (Å²) in [7, 11) is 0. The molecule has 0 fully saturated rings. The molecule has 0 unspecified atom stereocenters. The number of aromatic nitrogens is 1. The molecule has 0 aliphatic rings. The number of rotatable bonds is 2. The molecule has 12 heavy (non-hydrogen) atoms. The van der Waals surface area contributed by atoms with Crippen molar-refractivity contribution in [2.24, 2.45) is 0 Å². The Labute approximate surface area is 77.2 Å². The molecule has 0 atom stereocenters. The van der Waals surface area contributed by atoms with E-state index in [0.717, 1.165) is 12.4 Å². The van der Waals surface area contributed by atoms with Gasteiger partial charge >= 0.3 is 76.8 Å².